The van der Waals surface area contributed by atoms with Gasteiger partial charge < -0.3 is 4.57 Å². The normalized spacial score (nSPS) is 15.8. The van der Waals surface area contributed by atoms with E-state index in [1.807, 2.05) is 36.8 Å². The van der Waals surface area contributed by atoms with Crippen molar-refractivity contribution in [2.75, 3.05) is 13.1 Å². The van der Waals surface area contributed by atoms with E-state index in [0.29, 0.717) is 5.56 Å². The fraction of sp³-hybridized carbons (Fsp3) is 0.346. The van der Waals surface area contributed by atoms with Crippen molar-refractivity contribution in [1.29, 1.82) is 10.5 Å². The monoisotopic (exact) mass is 409 g/mol. The summed E-state index contributed by atoms with van der Waals surface area (Å²) >= 11 is 0. The number of likely N-dealkylation sites (tertiary alicyclic amines) is 1. The number of hydrogen-bond acceptors (Lipinski definition) is 4. The maximum Gasteiger partial charge on any atom is 0.0991 e. The quantitative estimate of drug-likeness (QED) is 0.603. The molecule has 0 amide bonds. The molecule has 0 bridgehead atoms. The highest BCUT2D eigenvalue weighted by molar-refractivity contribution is 5.32. The van der Waals surface area contributed by atoms with Crippen LogP contribution in [0.1, 0.15) is 40.8 Å². The molecule has 0 atom stereocenters. The van der Waals surface area contributed by atoms with Crippen LogP contribution in [0.15, 0.2) is 61.1 Å². The van der Waals surface area contributed by atoms with Crippen molar-refractivity contribution < 1.29 is 0 Å². The molecule has 4 rings (SSSR count). The van der Waals surface area contributed by atoms with Crippen molar-refractivity contribution >= 4 is 0 Å². The number of aromatic nitrogens is 2. The topological polar surface area (TPSA) is 68.6 Å². The molecule has 1 aliphatic rings. The van der Waals surface area contributed by atoms with Gasteiger partial charge in [0.05, 0.1) is 35.1 Å². The van der Waals surface area contributed by atoms with E-state index in [2.05, 4.69) is 57.8 Å². The van der Waals surface area contributed by atoms with Crippen molar-refractivity contribution in [3.05, 3.63) is 89.0 Å². The largest absolute Gasteiger partial charge is 0.329 e. The molecule has 0 saturated carbocycles. The van der Waals surface area contributed by atoms with Crippen molar-refractivity contribution in [2.45, 2.75) is 39.3 Å². The standard InChI is InChI=1S/C26H27N5/c1-21-2-4-22(5-3-21)14-26(19-28)10-12-30(13-11-26)18-25-16-29-20-31(25)17-24-8-6-23(15-27)7-9-24/h2-9,16,20H,10-14,17-18H2,1H3. The van der Waals surface area contributed by atoms with Crippen LogP contribution in [0.2, 0.25) is 0 Å². The predicted octanol–water partition coefficient (Wildman–Crippen LogP) is 4.46. The Morgan fingerprint density at radius 3 is 2.26 bits per heavy atom. The van der Waals surface area contributed by atoms with Crippen LogP contribution in [0.25, 0.3) is 0 Å². The van der Waals surface area contributed by atoms with Crippen LogP contribution in [-0.2, 0) is 19.5 Å². The maximum absolute atomic E-state index is 9.94. The zero-order valence-corrected chi connectivity index (χ0v) is 18.0. The Bertz CT molecular complexity index is 1090. The predicted molar refractivity (Wildman–Crippen MR) is 120 cm³/mol. The number of nitriles is 2. The minimum atomic E-state index is -0.269. The molecule has 5 nitrogen and oxygen atoms in total. The van der Waals surface area contributed by atoms with E-state index in [9.17, 15) is 5.26 Å². The number of benzene rings is 2. The highest BCUT2D eigenvalue weighted by Gasteiger charge is 2.35. The Hall–Kier alpha value is -3.41. The summed E-state index contributed by atoms with van der Waals surface area (Å²) in [6, 6.07) is 21.1. The molecule has 0 spiro atoms. The van der Waals surface area contributed by atoms with Gasteiger partial charge in [0.2, 0.25) is 0 Å². The van der Waals surface area contributed by atoms with Crippen molar-refractivity contribution in [1.82, 2.24) is 14.5 Å². The van der Waals surface area contributed by atoms with Crippen molar-refractivity contribution in [2.24, 2.45) is 5.41 Å². The number of rotatable bonds is 6. The molecule has 0 unspecified atom stereocenters. The molecule has 2 heterocycles. The third-order valence-corrected chi connectivity index (χ3v) is 6.33. The van der Waals surface area contributed by atoms with Gasteiger partial charge in [-0.2, -0.15) is 10.5 Å². The summed E-state index contributed by atoms with van der Waals surface area (Å²) in [7, 11) is 0. The van der Waals surface area contributed by atoms with Crippen LogP contribution in [0.4, 0.5) is 0 Å². The molecule has 1 aromatic heterocycles. The van der Waals surface area contributed by atoms with Gasteiger partial charge in [0, 0.05) is 32.4 Å². The smallest absolute Gasteiger partial charge is 0.0991 e. The molecular weight excluding hydrogens is 382 g/mol. The fourth-order valence-electron chi connectivity index (χ4n) is 4.30. The zero-order chi connectivity index (χ0) is 21.7. The summed E-state index contributed by atoms with van der Waals surface area (Å²) in [6.07, 6.45) is 6.41. The van der Waals surface area contributed by atoms with Crippen molar-refractivity contribution in [3.8, 4) is 12.1 Å². The van der Waals surface area contributed by atoms with Gasteiger partial charge in [-0.25, -0.2) is 4.98 Å². The highest BCUT2D eigenvalue weighted by atomic mass is 15.2. The summed E-state index contributed by atoms with van der Waals surface area (Å²) in [6.45, 7) is 5.50. The van der Waals surface area contributed by atoms with Crippen LogP contribution in [0.3, 0.4) is 0 Å². The molecule has 0 N–H and O–H groups in total. The van der Waals surface area contributed by atoms with Gasteiger partial charge in [-0.3, -0.25) is 4.90 Å². The average molecular weight is 410 g/mol. The first kappa shape index (κ1) is 20.8. The average Bonchev–Trinajstić information content (AvgIpc) is 3.24. The van der Waals surface area contributed by atoms with Gasteiger partial charge in [-0.15, -0.1) is 0 Å². The van der Waals surface area contributed by atoms with E-state index in [1.54, 1.807) is 0 Å². The number of hydrogen-bond donors (Lipinski definition) is 0. The van der Waals surface area contributed by atoms with Gasteiger partial charge in [0.25, 0.3) is 0 Å². The van der Waals surface area contributed by atoms with E-state index in [4.69, 9.17) is 5.26 Å². The lowest BCUT2D eigenvalue weighted by Crippen LogP contribution is -2.40. The molecular formula is C26H27N5. The van der Waals surface area contributed by atoms with Crippen LogP contribution in [0, 0.1) is 35.0 Å². The van der Waals surface area contributed by atoms with Gasteiger partial charge in [0.1, 0.15) is 0 Å². The molecule has 2 aromatic carbocycles. The Morgan fingerprint density at radius 1 is 0.935 bits per heavy atom. The SMILES string of the molecule is Cc1ccc(CC2(C#N)CCN(Cc3cncn3Cc3ccc(C#N)cc3)CC2)cc1. The van der Waals surface area contributed by atoms with Crippen molar-refractivity contribution in [3.63, 3.8) is 0 Å². The lowest BCUT2D eigenvalue weighted by atomic mass is 9.75. The number of nitrogens with zero attached hydrogens (tertiary/aromatic N) is 5. The first-order valence-corrected chi connectivity index (χ1v) is 10.8. The molecule has 156 valence electrons. The zero-order valence-electron chi connectivity index (χ0n) is 18.0. The third kappa shape index (κ3) is 5.02. The van der Waals surface area contributed by atoms with E-state index < -0.39 is 0 Å². The third-order valence-electron chi connectivity index (χ3n) is 6.33. The van der Waals surface area contributed by atoms with Gasteiger partial charge in [-0.05, 0) is 49.4 Å². The van der Waals surface area contributed by atoms with E-state index in [-0.39, 0.29) is 5.41 Å². The lowest BCUT2D eigenvalue weighted by Gasteiger charge is -2.37. The molecule has 31 heavy (non-hydrogen) atoms. The van der Waals surface area contributed by atoms with Crippen LogP contribution in [0.5, 0.6) is 0 Å². The molecule has 1 saturated heterocycles. The molecule has 0 radical (unpaired) electrons. The first-order valence-electron chi connectivity index (χ1n) is 10.8. The molecule has 5 heteroatoms. The van der Waals surface area contributed by atoms with Crippen LogP contribution >= 0.6 is 0 Å². The molecule has 1 aliphatic heterocycles. The van der Waals surface area contributed by atoms with E-state index in [1.165, 1.54) is 16.8 Å². The lowest BCUT2D eigenvalue weighted by molar-refractivity contribution is 0.136. The Labute approximate surface area is 184 Å². The Balaban J connectivity index is 1.36. The van der Waals surface area contributed by atoms with Gasteiger partial charge in [0.15, 0.2) is 0 Å². The Morgan fingerprint density at radius 2 is 1.61 bits per heavy atom. The minimum absolute atomic E-state index is 0.269. The number of aryl methyl sites for hydroxylation is 1. The number of piperidine rings is 1. The summed E-state index contributed by atoms with van der Waals surface area (Å²) in [4.78, 5) is 6.78. The number of imidazole rings is 1. The second-order valence-corrected chi connectivity index (χ2v) is 8.65. The Kier molecular flexibility index (Phi) is 6.16. The summed E-state index contributed by atoms with van der Waals surface area (Å²) < 4.78 is 2.17. The maximum atomic E-state index is 9.94. The minimum Gasteiger partial charge on any atom is -0.329 e. The van der Waals surface area contributed by atoms with Crippen LogP contribution in [-0.4, -0.2) is 27.5 Å². The fourth-order valence-corrected chi connectivity index (χ4v) is 4.30. The summed E-state index contributed by atoms with van der Waals surface area (Å²) in [5, 5.41) is 18.9. The second kappa shape index (κ2) is 9.16. The second-order valence-electron chi connectivity index (χ2n) is 8.65. The summed E-state index contributed by atoms with van der Waals surface area (Å²) in [5.41, 5.74) is 5.23. The van der Waals surface area contributed by atoms with Gasteiger partial charge in [-0.1, -0.05) is 42.0 Å². The van der Waals surface area contributed by atoms with Gasteiger partial charge >= 0.3 is 0 Å². The van der Waals surface area contributed by atoms with E-state index in [0.717, 1.165) is 51.0 Å². The summed E-state index contributed by atoms with van der Waals surface area (Å²) in [5.74, 6) is 0. The molecule has 3 aromatic rings. The molecule has 0 aliphatic carbocycles. The van der Waals surface area contributed by atoms with Crippen LogP contribution < -0.4 is 0 Å². The highest BCUT2D eigenvalue weighted by Crippen LogP contribution is 2.35. The van der Waals surface area contributed by atoms with E-state index >= 15 is 0 Å². The first-order chi connectivity index (χ1) is 15.1. The molecule has 1 fully saturated rings.